The van der Waals surface area contributed by atoms with Crippen LogP contribution in [0.2, 0.25) is 0 Å². The molecule has 1 saturated carbocycles. The number of unbranched alkanes of at least 4 members (excludes halogenated alkanes) is 2. The quantitative estimate of drug-likeness (QED) is 0.0402. The van der Waals surface area contributed by atoms with Crippen molar-refractivity contribution in [2.24, 2.45) is 22.9 Å². The molecule has 3 aliphatic rings. The van der Waals surface area contributed by atoms with E-state index in [0.717, 1.165) is 42.4 Å². The number of allylic oxidation sites excluding steroid dienone is 1. The zero-order valence-corrected chi connectivity index (χ0v) is 37.7. The number of hydrogen-bond acceptors (Lipinski definition) is 12. The number of benzene rings is 3. The summed E-state index contributed by atoms with van der Waals surface area (Å²) in [6.45, 7) is 13.0. The highest BCUT2D eigenvalue weighted by Gasteiger charge is 2.65. The van der Waals surface area contributed by atoms with Gasteiger partial charge in [0, 0.05) is 43.7 Å². The van der Waals surface area contributed by atoms with Gasteiger partial charge in [-0.05, 0) is 100 Å². The standard InChI is InChI=1S/C50H65N3O11/c1-6-24-52(48(56)60-29-28-59-34-35-16-9-8-10-17-35)45-33-43(51-64-49(3,4)5)41-30-36(18-11-13-25-54)40(21-12-14-26-55)46-42-32-39(62-38-20-15-19-37(31-38)53(57)58)22-23-44(42)63-50(45,47(41)46)61-27-7-2/h7-10,15-17,19-20,22-23,30-32,36,40,45-47,54-55H,2,6,11-14,18,21,24-29,33-34H2,1,3-5H3/t36-,40+,45-,46+,47+,50+/m0/s1. The van der Waals surface area contributed by atoms with Crippen LogP contribution in [0.25, 0.3) is 0 Å². The number of nitrogens with zero attached hydrogens (tertiary/aromatic N) is 3. The monoisotopic (exact) mass is 883 g/mol. The number of amides is 1. The number of ether oxygens (including phenoxy) is 5. The van der Waals surface area contributed by atoms with Gasteiger partial charge in [-0.15, -0.1) is 6.58 Å². The summed E-state index contributed by atoms with van der Waals surface area (Å²) < 4.78 is 32.5. The Morgan fingerprint density at radius 1 is 1.00 bits per heavy atom. The number of hydrogen-bond donors (Lipinski definition) is 2. The maximum atomic E-state index is 14.5. The number of aliphatic hydroxyl groups excluding tert-OH is 2. The molecule has 64 heavy (non-hydrogen) atoms. The van der Waals surface area contributed by atoms with E-state index in [1.54, 1.807) is 29.2 Å². The molecular formula is C50H65N3O11. The first-order valence-corrected chi connectivity index (χ1v) is 22.7. The molecule has 6 atom stereocenters. The number of fused-ring (bicyclic) bond motifs is 2. The van der Waals surface area contributed by atoms with Gasteiger partial charge < -0.3 is 38.7 Å². The van der Waals surface area contributed by atoms with Crippen LogP contribution in [-0.4, -0.2) is 88.9 Å². The van der Waals surface area contributed by atoms with Crippen LogP contribution in [0.5, 0.6) is 17.2 Å². The molecular weight excluding hydrogens is 819 g/mol. The van der Waals surface area contributed by atoms with E-state index < -0.39 is 34.4 Å². The fraction of sp³-hybridized carbons (Fsp3) is 0.520. The first kappa shape index (κ1) is 48.2. The van der Waals surface area contributed by atoms with Gasteiger partial charge in [-0.25, -0.2) is 4.79 Å². The fourth-order valence-electron chi connectivity index (χ4n) is 9.35. The second kappa shape index (κ2) is 22.6. The number of nitro groups is 1. The molecule has 1 amide bonds. The summed E-state index contributed by atoms with van der Waals surface area (Å²) in [6, 6.07) is 20.7. The summed E-state index contributed by atoms with van der Waals surface area (Å²) in [4.78, 5) is 33.7. The lowest BCUT2D eigenvalue weighted by Crippen LogP contribution is -2.70. The Kier molecular flexibility index (Phi) is 17.0. The predicted octanol–water partition coefficient (Wildman–Crippen LogP) is 9.88. The van der Waals surface area contributed by atoms with Crippen molar-refractivity contribution in [3.63, 3.8) is 0 Å². The van der Waals surface area contributed by atoms with Crippen LogP contribution in [0.1, 0.15) is 96.1 Å². The van der Waals surface area contributed by atoms with Gasteiger partial charge in [0.15, 0.2) is 0 Å². The minimum atomic E-state index is -1.47. The van der Waals surface area contributed by atoms with E-state index in [4.69, 9.17) is 33.7 Å². The van der Waals surface area contributed by atoms with Gasteiger partial charge in [0.2, 0.25) is 5.79 Å². The maximum absolute atomic E-state index is 14.5. The third-order valence-corrected chi connectivity index (χ3v) is 12.0. The van der Waals surface area contributed by atoms with Crippen molar-refractivity contribution in [3.8, 4) is 17.2 Å². The summed E-state index contributed by atoms with van der Waals surface area (Å²) in [6.07, 6.45) is 8.61. The molecule has 2 N–H and O–H groups in total. The van der Waals surface area contributed by atoms with Gasteiger partial charge in [-0.2, -0.15) is 0 Å². The molecule has 6 rings (SSSR count). The maximum Gasteiger partial charge on any atom is 0.410 e. The lowest BCUT2D eigenvalue weighted by molar-refractivity contribution is -0.384. The molecule has 0 radical (unpaired) electrons. The van der Waals surface area contributed by atoms with Crippen LogP contribution in [0.3, 0.4) is 0 Å². The van der Waals surface area contributed by atoms with Crippen molar-refractivity contribution in [3.05, 3.63) is 118 Å². The van der Waals surface area contributed by atoms with Crippen LogP contribution in [-0.2, 0) is 25.7 Å². The van der Waals surface area contributed by atoms with Crippen LogP contribution in [0, 0.1) is 27.9 Å². The van der Waals surface area contributed by atoms with Crippen molar-refractivity contribution in [1.29, 1.82) is 0 Å². The summed E-state index contributed by atoms with van der Waals surface area (Å²) in [7, 11) is 0. The normalized spacial score (nSPS) is 22.9. The molecule has 0 unspecified atom stereocenters. The lowest BCUT2D eigenvalue weighted by atomic mass is 9.55. The van der Waals surface area contributed by atoms with Crippen molar-refractivity contribution in [1.82, 2.24) is 4.90 Å². The number of non-ortho nitro benzene ring substituents is 1. The topological polar surface area (TPSA) is 172 Å². The Morgan fingerprint density at radius 2 is 1.75 bits per heavy atom. The third kappa shape index (κ3) is 11.7. The largest absolute Gasteiger partial charge is 0.459 e. The molecule has 3 aromatic carbocycles. The van der Waals surface area contributed by atoms with Crippen LogP contribution < -0.4 is 9.47 Å². The van der Waals surface area contributed by atoms with E-state index in [1.165, 1.54) is 12.1 Å². The first-order chi connectivity index (χ1) is 30.9. The van der Waals surface area contributed by atoms with Crippen molar-refractivity contribution in [2.45, 2.75) is 109 Å². The van der Waals surface area contributed by atoms with Crippen LogP contribution >= 0.6 is 0 Å². The summed E-state index contributed by atoms with van der Waals surface area (Å²) >= 11 is 0. The second-order valence-corrected chi connectivity index (χ2v) is 17.7. The number of nitro benzene ring substituents is 1. The predicted molar refractivity (Wildman–Crippen MR) is 243 cm³/mol. The Labute approximate surface area is 377 Å². The van der Waals surface area contributed by atoms with E-state index in [-0.39, 0.29) is 62.9 Å². The van der Waals surface area contributed by atoms with Gasteiger partial charge in [0.05, 0.1) is 42.4 Å². The Morgan fingerprint density at radius 3 is 2.45 bits per heavy atom. The number of carbonyl (C=O) groups excluding carboxylic acids is 1. The van der Waals surface area contributed by atoms with Crippen LogP contribution in [0.4, 0.5) is 10.5 Å². The molecule has 0 bridgehead atoms. The number of carbonyl (C=O) groups is 1. The van der Waals surface area contributed by atoms with Gasteiger partial charge in [0.25, 0.3) is 5.69 Å². The van der Waals surface area contributed by atoms with Crippen molar-refractivity contribution < 1.29 is 48.5 Å². The zero-order chi connectivity index (χ0) is 45.7. The van der Waals surface area contributed by atoms with Gasteiger partial charge in [-0.3, -0.25) is 15.0 Å². The summed E-state index contributed by atoms with van der Waals surface area (Å²) in [5, 5.41) is 36.4. The van der Waals surface area contributed by atoms with Crippen molar-refractivity contribution in [2.75, 3.05) is 39.6 Å². The molecule has 1 heterocycles. The average Bonchev–Trinajstić information content (AvgIpc) is 3.28. The van der Waals surface area contributed by atoms with E-state index in [9.17, 15) is 25.1 Å². The summed E-state index contributed by atoms with van der Waals surface area (Å²) in [5.41, 5.74) is 2.72. The highest BCUT2D eigenvalue weighted by molar-refractivity contribution is 6.03. The number of rotatable bonds is 23. The molecule has 3 aromatic rings. The number of aliphatic hydroxyl groups is 2. The SMILES string of the molecule is C=CCO[C@@]12Oc3ccc(Oc4cccc([N+](=O)[O-])c4)cc3[C@H]3[C@H](CCCCO)[C@@H](CCCCO)C=C(C(=NOC(C)(C)C)C[C@@H]1N(CCC)C(=O)OCCOCc1ccccc1)[C@H]32. The van der Waals surface area contributed by atoms with Gasteiger partial charge in [0.1, 0.15) is 35.5 Å². The van der Waals surface area contributed by atoms with Crippen molar-refractivity contribution >= 4 is 17.5 Å². The molecule has 14 heteroatoms. The average molecular weight is 884 g/mol. The molecule has 346 valence electrons. The smallest absolute Gasteiger partial charge is 0.410 e. The van der Waals surface area contributed by atoms with E-state index in [1.807, 2.05) is 70.2 Å². The Bertz CT molecular complexity index is 2090. The first-order valence-electron chi connectivity index (χ1n) is 22.7. The highest BCUT2D eigenvalue weighted by atomic mass is 16.7. The molecule has 0 aromatic heterocycles. The lowest BCUT2D eigenvalue weighted by Gasteiger charge is -2.60. The minimum absolute atomic E-state index is 0.0155. The Balaban J connectivity index is 1.50. The summed E-state index contributed by atoms with van der Waals surface area (Å²) in [5.74, 6) is -0.970. The third-order valence-electron chi connectivity index (χ3n) is 12.0. The molecule has 0 saturated heterocycles. The molecule has 2 aliphatic carbocycles. The Hall–Kier alpha value is -5.28. The van der Waals surface area contributed by atoms with Gasteiger partial charge in [-0.1, -0.05) is 73.5 Å². The number of oxime groups is 1. The second-order valence-electron chi connectivity index (χ2n) is 17.7. The minimum Gasteiger partial charge on any atom is -0.459 e. The molecule has 1 aliphatic heterocycles. The van der Waals surface area contributed by atoms with Crippen LogP contribution in [0.15, 0.2) is 102 Å². The van der Waals surface area contributed by atoms with E-state index in [0.29, 0.717) is 55.4 Å². The molecule has 14 nitrogen and oxygen atoms in total. The zero-order valence-electron chi connectivity index (χ0n) is 37.7. The van der Waals surface area contributed by atoms with E-state index in [2.05, 4.69) is 12.7 Å². The highest BCUT2D eigenvalue weighted by Crippen LogP contribution is 2.62. The fourth-order valence-corrected chi connectivity index (χ4v) is 9.35. The molecule has 1 fully saturated rings. The van der Waals surface area contributed by atoms with E-state index >= 15 is 0 Å². The molecule has 0 spiro atoms. The van der Waals surface area contributed by atoms with Gasteiger partial charge >= 0.3 is 6.09 Å².